The number of aryl methyl sites for hydroxylation is 1. The summed E-state index contributed by atoms with van der Waals surface area (Å²) in [5.74, 6) is 0.997. The number of hydrogen-bond donors (Lipinski definition) is 1. The zero-order chi connectivity index (χ0) is 19.2. The Morgan fingerprint density at radius 3 is 2.56 bits per heavy atom. The SMILES string of the molecule is CC(C)[C@@H](NC(=O)N(Cc1ccncc1)C1CCCCC1)c1ncnn1C. The van der Waals surface area contributed by atoms with Crippen molar-refractivity contribution in [3.8, 4) is 0 Å². The Bertz CT molecular complexity index is 723. The van der Waals surface area contributed by atoms with E-state index in [-0.39, 0.29) is 24.0 Å². The molecule has 1 N–H and O–H groups in total. The first-order valence-electron chi connectivity index (χ1n) is 9.86. The third-order valence-corrected chi connectivity index (χ3v) is 5.35. The molecule has 2 heterocycles. The van der Waals surface area contributed by atoms with Crippen molar-refractivity contribution in [2.75, 3.05) is 0 Å². The molecule has 146 valence electrons. The average Bonchev–Trinajstić information content (AvgIpc) is 3.11. The van der Waals surface area contributed by atoms with Gasteiger partial charge in [-0.15, -0.1) is 0 Å². The minimum Gasteiger partial charge on any atom is -0.328 e. The Morgan fingerprint density at radius 1 is 1.26 bits per heavy atom. The topological polar surface area (TPSA) is 75.9 Å². The summed E-state index contributed by atoms with van der Waals surface area (Å²) in [5.41, 5.74) is 1.10. The molecule has 1 aliphatic rings. The van der Waals surface area contributed by atoms with E-state index in [0.29, 0.717) is 6.54 Å². The minimum absolute atomic E-state index is 0.0274. The summed E-state index contributed by atoms with van der Waals surface area (Å²) < 4.78 is 1.73. The molecule has 7 nitrogen and oxygen atoms in total. The number of carbonyl (C=O) groups is 1. The van der Waals surface area contributed by atoms with Crippen LogP contribution in [0.4, 0.5) is 4.79 Å². The van der Waals surface area contributed by atoms with Crippen LogP contribution >= 0.6 is 0 Å². The van der Waals surface area contributed by atoms with Gasteiger partial charge in [0.1, 0.15) is 12.2 Å². The monoisotopic (exact) mass is 370 g/mol. The molecule has 1 atom stereocenters. The van der Waals surface area contributed by atoms with Crippen molar-refractivity contribution in [1.29, 1.82) is 0 Å². The average molecular weight is 371 g/mol. The van der Waals surface area contributed by atoms with E-state index >= 15 is 0 Å². The lowest BCUT2D eigenvalue weighted by molar-refractivity contribution is 0.144. The fourth-order valence-electron chi connectivity index (χ4n) is 3.78. The smallest absolute Gasteiger partial charge is 0.318 e. The molecule has 2 aromatic rings. The highest BCUT2D eigenvalue weighted by molar-refractivity contribution is 5.75. The summed E-state index contributed by atoms with van der Waals surface area (Å²) in [6, 6.07) is 4.03. The van der Waals surface area contributed by atoms with Crippen LogP contribution in [-0.4, -0.2) is 36.7 Å². The number of carbonyl (C=O) groups excluding carboxylic acids is 1. The van der Waals surface area contributed by atoms with Crippen molar-refractivity contribution in [2.45, 2.75) is 64.6 Å². The number of pyridine rings is 1. The summed E-state index contributed by atoms with van der Waals surface area (Å²) >= 11 is 0. The van der Waals surface area contributed by atoms with Gasteiger partial charge < -0.3 is 10.2 Å². The lowest BCUT2D eigenvalue weighted by Crippen LogP contribution is -2.48. The van der Waals surface area contributed by atoms with Crippen LogP contribution in [0, 0.1) is 5.92 Å². The Labute approximate surface area is 161 Å². The second-order valence-corrected chi connectivity index (χ2v) is 7.69. The highest BCUT2D eigenvalue weighted by atomic mass is 16.2. The van der Waals surface area contributed by atoms with Crippen molar-refractivity contribution < 1.29 is 4.79 Å². The molecule has 3 rings (SSSR count). The highest BCUT2D eigenvalue weighted by Crippen LogP contribution is 2.26. The van der Waals surface area contributed by atoms with Crippen molar-refractivity contribution in [2.24, 2.45) is 13.0 Å². The van der Waals surface area contributed by atoms with Gasteiger partial charge in [0.2, 0.25) is 0 Å². The first kappa shape index (κ1) is 19.3. The predicted molar refractivity (Wildman–Crippen MR) is 104 cm³/mol. The normalized spacial score (nSPS) is 16.3. The molecule has 27 heavy (non-hydrogen) atoms. The number of amides is 2. The first-order valence-corrected chi connectivity index (χ1v) is 9.86. The zero-order valence-corrected chi connectivity index (χ0v) is 16.5. The summed E-state index contributed by atoms with van der Waals surface area (Å²) in [5, 5.41) is 7.39. The molecular weight excluding hydrogens is 340 g/mol. The molecule has 0 radical (unpaired) electrons. The first-order chi connectivity index (χ1) is 13.1. The predicted octanol–water partition coefficient (Wildman–Crippen LogP) is 3.45. The second kappa shape index (κ2) is 8.97. The molecule has 0 saturated heterocycles. The molecular formula is C20H30N6O. The van der Waals surface area contributed by atoms with Gasteiger partial charge in [-0.25, -0.2) is 9.78 Å². The van der Waals surface area contributed by atoms with Gasteiger partial charge in [0.15, 0.2) is 0 Å². The molecule has 0 unspecified atom stereocenters. The minimum atomic E-state index is -0.173. The van der Waals surface area contributed by atoms with Crippen LogP contribution in [-0.2, 0) is 13.6 Å². The van der Waals surface area contributed by atoms with E-state index in [1.54, 1.807) is 17.1 Å². The number of nitrogens with one attached hydrogen (secondary N) is 1. The van der Waals surface area contributed by atoms with Gasteiger partial charge in [0.25, 0.3) is 0 Å². The van der Waals surface area contributed by atoms with E-state index < -0.39 is 0 Å². The number of hydrogen-bond acceptors (Lipinski definition) is 4. The van der Waals surface area contributed by atoms with Crippen molar-refractivity contribution >= 4 is 6.03 Å². The Balaban J connectivity index is 1.79. The van der Waals surface area contributed by atoms with Gasteiger partial charge in [-0.2, -0.15) is 5.10 Å². The van der Waals surface area contributed by atoms with Gasteiger partial charge in [0.05, 0.1) is 6.04 Å². The number of urea groups is 1. The molecule has 0 bridgehead atoms. The van der Waals surface area contributed by atoms with Crippen LogP contribution in [0.25, 0.3) is 0 Å². The van der Waals surface area contributed by atoms with Crippen LogP contribution in [0.2, 0.25) is 0 Å². The largest absolute Gasteiger partial charge is 0.328 e. The van der Waals surface area contributed by atoms with Gasteiger partial charge >= 0.3 is 6.03 Å². The summed E-state index contributed by atoms with van der Waals surface area (Å²) in [4.78, 5) is 23.8. The third-order valence-electron chi connectivity index (χ3n) is 5.35. The van der Waals surface area contributed by atoms with Gasteiger partial charge in [-0.1, -0.05) is 33.1 Å². The molecule has 0 spiro atoms. The van der Waals surface area contributed by atoms with Gasteiger partial charge in [-0.05, 0) is 36.5 Å². The lowest BCUT2D eigenvalue weighted by atomic mass is 9.94. The fourth-order valence-corrected chi connectivity index (χ4v) is 3.78. The van der Waals surface area contributed by atoms with E-state index in [2.05, 4.69) is 34.2 Å². The summed E-state index contributed by atoms with van der Waals surface area (Å²) in [7, 11) is 1.86. The second-order valence-electron chi connectivity index (χ2n) is 7.69. The number of rotatable bonds is 6. The molecule has 0 aromatic carbocycles. The Hall–Kier alpha value is -2.44. The lowest BCUT2D eigenvalue weighted by Gasteiger charge is -2.36. The maximum absolute atomic E-state index is 13.3. The number of aromatic nitrogens is 4. The van der Waals surface area contributed by atoms with Gasteiger partial charge in [0, 0.05) is 32.0 Å². The van der Waals surface area contributed by atoms with Crippen LogP contribution in [0.5, 0.6) is 0 Å². The standard InChI is InChI=1S/C20H30N6O/c1-15(2)18(19-22-14-23-25(19)3)24-20(27)26(17-7-5-4-6-8-17)13-16-9-11-21-12-10-16/h9-12,14-15,17-18H,4-8,13H2,1-3H3,(H,24,27)/t18-/m1/s1. The van der Waals surface area contributed by atoms with E-state index in [0.717, 1.165) is 24.2 Å². The Kier molecular flexibility index (Phi) is 6.42. The zero-order valence-electron chi connectivity index (χ0n) is 16.5. The molecule has 1 saturated carbocycles. The maximum atomic E-state index is 13.3. The van der Waals surface area contributed by atoms with Crippen molar-refractivity contribution in [3.05, 3.63) is 42.2 Å². The van der Waals surface area contributed by atoms with Gasteiger partial charge in [-0.3, -0.25) is 9.67 Å². The molecule has 0 aliphatic heterocycles. The van der Waals surface area contributed by atoms with Crippen LogP contribution in [0.1, 0.15) is 63.4 Å². The maximum Gasteiger partial charge on any atom is 0.318 e. The molecule has 2 amide bonds. The van der Waals surface area contributed by atoms with Crippen LogP contribution in [0.3, 0.4) is 0 Å². The quantitative estimate of drug-likeness (QED) is 0.845. The van der Waals surface area contributed by atoms with E-state index in [1.165, 1.54) is 25.6 Å². The Morgan fingerprint density at radius 2 is 1.96 bits per heavy atom. The molecule has 1 fully saturated rings. The van der Waals surface area contributed by atoms with E-state index in [1.807, 2.05) is 24.1 Å². The molecule has 1 aliphatic carbocycles. The molecule has 7 heteroatoms. The van der Waals surface area contributed by atoms with E-state index in [4.69, 9.17) is 0 Å². The highest BCUT2D eigenvalue weighted by Gasteiger charge is 2.29. The van der Waals surface area contributed by atoms with Crippen LogP contribution in [0.15, 0.2) is 30.9 Å². The number of nitrogens with zero attached hydrogens (tertiary/aromatic N) is 5. The fraction of sp³-hybridized carbons (Fsp3) is 0.600. The van der Waals surface area contributed by atoms with Crippen LogP contribution < -0.4 is 5.32 Å². The van der Waals surface area contributed by atoms with Crippen molar-refractivity contribution in [1.82, 2.24) is 30.0 Å². The van der Waals surface area contributed by atoms with E-state index in [9.17, 15) is 4.79 Å². The molecule has 2 aromatic heterocycles. The van der Waals surface area contributed by atoms with Crippen molar-refractivity contribution in [3.63, 3.8) is 0 Å². The third kappa shape index (κ3) is 4.84. The summed E-state index contributed by atoms with van der Waals surface area (Å²) in [6.07, 6.45) is 10.8. The summed E-state index contributed by atoms with van der Waals surface area (Å²) in [6.45, 7) is 4.78.